The first-order valence-corrected chi connectivity index (χ1v) is 7.38. The number of aromatic nitrogens is 2. The standard InChI is InChI=1S/C14H21N3S/c1-10(2)9-12-13(16-17-14(12)15)7-3-5-11-6-4-8-18-11/h4,6,8,10H,3,5,7,9H2,1-2H3,(H3,15,16,17). The summed E-state index contributed by atoms with van der Waals surface area (Å²) >= 11 is 1.83. The van der Waals surface area contributed by atoms with Crippen LogP contribution < -0.4 is 5.73 Å². The summed E-state index contributed by atoms with van der Waals surface area (Å²) in [5.74, 6) is 1.29. The van der Waals surface area contributed by atoms with Crippen molar-refractivity contribution in [2.75, 3.05) is 5.73 Å². The third-order valence-electron chi connectivity index (χ3n) is 3.03. The zero-order chi connectivity index (χ0) is 13.0. The van der Waals surface area contributed by atoms with E-state index in [1.807, 2.05) is 11.3 Å². The highest BCUT2D eigenvalue weighted by molar-refractivity contribution is 7.09. The number of rotatable bonds is 6. The van der Waals surface area contributed by atoms with Gasteiger partial charge in [0.25, 0.3) is 0 Å². The van der Waals surface area contributed by atoms with Gasteiger partial charge in [0.15, 0.2) is 0 Å². The fourth-order valence-corrected chi connectivity index (χ4v) is 2.91. The van der Waals surface area contributed by atoms with Crippen LogP contribution >= 0.6 is 11.3 Å². The summed E-state index contributed by atoms with van der Waals surface area (Å²) in [5.41, 5.74) is 8.35. The van der Waals surface area contributed by atoms with Crippen LogP contribution in [0.2, 0.25) is 0 Å². The molecule has 2 rings (SSSR count). The lowest BCUT2D eigenvalue weighted by molar-refractivity contribution is 0.641. The Balaban J connectivity index is 1.92. The number of aryl methyl sites for hydroxylation is 2. The fourth-order valence-electron chi connectivity index (χ4n) is 2.15. The third-order valence-corrected chi connectivity index (χ3v) is 3.96. The van der Waals surface area contributed by atoms with Crippen LogP contribution in [0.4, 0.5) is 5.82 Å². The molecule has 2 aromatic rings. The molecular formula is C14H21N3S. The quantitative estimate of drug-likeness (QED) is 0.839. The number of nitrogens with zero attached hydrogens (tertiary/aromatic N) is 1. The predicted octanol–water partition coefficient (Wildman–Crippen LogP) is 3.43. The van der Waals surface area contributed by atoms with Crippen molar-refractivity contribution in [2.45, 2.75) is 39.5 Å². The lowest BCUT2D eigenvalue weighted by Gasteiger charge is -2.06. The van der Waals surface area contributed by atoms with Crippen molar-refractivity contribution in [3.8, 4) is 0 Å². The van der Waals surface area contributed by atoms with Gasteiger partial charge in [-0.2, -0.15) is 5.10 Å². The van der Waals surface area contributed by atoms with Gasteiger partial charge < -0.3 is 5.73 Å². The number of nitrogens with two attached hydrogens (primary N) is 1. The highest BCUT2D eigenvalue weighted by atomic mass is 32.1. The first-order chi connectivity index (χ1) is 8.66. The number of anilines is 1. The lowest BCUT2D eigenvalue weighted by Crippen LogP contribution is -2.01. The van der Waals surface area contributed by atoms with E-state index < -0.39 is 0 Å². The summed E-state index contributed by atoms with van der Waals surface area (Å²) in [6, 6.07) is 4.30. The lowest BCUT2D eigenvalue weighted by atomic mass is 10.0. The second-order valence-corrected chi connectivity index (χ2v) is 6.13. The van der Waals surface area contributed by atoms with E-state index in [2.05, 4.69) is 41.6 Å². The molecule has 0 aliphatic rings. The minimum atomic E-state index is 0.612. The topological polar surface area (TPSA) is 54.7 Å². The van der Waals surface area contributed by atoms with Crippen molar-refractivity contribution < 1.29 is 0 Å². The Morgan fingerprint density at radius 1 is 1.39 bits per heavy atom. The largest absolute Gasteiger partial charge is 0.382 e. The molecule has 0 unspecified atom stereocenters. The smallest absolute Gasteiger partial charge is 0.148 e. The molecule has 0 saturated carbocycles. The molecule has 0 aliphatic heterocycles. The summed E-state index contributed by atoms with van der Waals surface area (Å²) in [6.07, 6.45) is 4.33. The first kappa shape index (κ1) is 13.1. The maximum atomic E-state index is 5.92. The highest BCUT2D eigenvalue weighted by Gasteiger charge is 2.12. The molecular weight excluding hydrogens is 242 g/mol. The van der Waals surface area contributed by atoms with E-state index in [1.54, 1.807) is 0 Å². The van der Waals surface area contributed by atoms with E-state index in [1.165, 1.54) is 16.1 Å². The van der Waals surface area contributed by atoms with Gasteiger partial charge in [-0.15, -0.1) is 11.3 Å². The van der Waals surface area contributed by atoms with Crippen LogP contribution in [0.15, 0.2) is 17.5 Å². The van der Waals surface area contributed by atoms with E-state index in [9.17, 15) is 0 Å². The van der Waals surface area contributed by atoms with E-state index in [4.69, 9.17) is 5.73 Å². The molecule has 0 radical (unpaired) electrons. The van der Waals surface area contributed by atoms with Crippen LogP contribution in [-0.4, -0.2) is 10.2 Å². The number of nitrogens with one attached hydrogen (secondary N) is 1. The summed E-state index contributed by atoms with van der Waals surface area (Å²) in [7, 11) is 0. The summed E-state index contributed by atoms with van der Waals surface area (Å²) in [5, 5.41) is 9.36. The minimum absolute atomic E-state index is 0.612. The van der Waals surface area contributed by atoms with E-state index >= 15 is 0 Å². The van der Waals surface area contributed by atoms with Gasteiger partial charge in [-0.05, 0) is 43.0 Å². The van der Waals surface area contributed by atoms with Gasteiger partial charge in [0.2, 0.25) is 0 Å². The summed E-state index contributed by atoms with van der Waals surface area (Å²) < 4.78 is 0. The highest BCUT2D eigenvalue weighted by Crippen LogP contribution is 2.20. The third kappa shape index (κ3) is 3.35. The molecule has 0 fully saturated rings. The fraction of sp³-hybridized carbons (Fsp3) is 0.500. The number of hydrogen-bond acceptors (Lipinski definition) is 3. The van der Waals surface area contributed by atoms with Gasteiger partial charge in [0, 0.05) is 16.1 Å². The molecule has 0 amide bonds. The number of aromatic amines is 1. The van der Waals surface area contributed by atoms with Gasteiger partial charge in [-0.3, -0.25) is 5.10 Å². The number of H-pyrrole nitrogens is 1. The summed E-state index contributed by atoms with van der Waals surface area (Å²) in [6.45, 7) is 4.42. The Morgan fingerprint density at radius 2 is 2.22 bits per heavy atom. The first-order valence-electron chi connectivity index (χ1n) is 6.50. The maximum Gasteiger partial charge on any atom is 0.148 e. The second kappa shape index (κ2) is 6.05. The van der Waals surface area contributed by atoms with Crippen molar-refractivity contribution in [2.24, 2.45) is 5.92 Å². The minimum Gasteiger partial charge on any atom is -0.382 e. The Labute approximate surface area is 112 Å². The molecule has 0 aromatic carbocycles. The van der Waals surface area contributed by atoms with Crippen molar-refractivity contribution in [1.29, 1.82) is 0 Å². The van der Waals surface area contributed by atoms with Crippen LogP contribution in [0.5, 0.6) is 0 Å². The van der Waals surface area contributed by atoms with Crippen LogP contribution in [0.3, 0.4) is 0 Å². The molecule has 0 spiro atoms. The van der Waals surface area contributed by atoms with E-state index in [0.29, 0.717) is 11.7 Å². The number of thiophene rings is 1. The predicted molar refractivity (Wildman–Crippen MR) is 77.9 cm³/mol. The molecule has 2 aromatic heterocycles. The van der Waals surface area contributed by atoms with Gasteiger partial charge in [-0.25, -0.2) is 0 Å². The summed E-state index contributed by atoms with van der Waals surface area (Å²) in [4.78, 5) is 1.45. The molecule has 3 nitrogen and oxygen atoms in total. The molecule has 3 N–H and O–H groups in total. The second-order valence-electron chi connectivity index (χ2n) is 5.10. The molecule has 2 heterocycles. The zero-order valence-corrected chi connectivity index (χ0v) is 11.9. The Morgan fingerprint density at radius 3 is 2.89 bits per heavy atom. The Kier molecular flexibility index (Phi) is 4.42. The molecule has 0 atom stereocenters. The van der Waals surface area contributed by atoms with Crippen LogP contribution in [0, 0.1) is 5.92 Å². The van der Waals surface area contributed by atoms with Gasteiger partial charge >= 0.3 is 0 Å². The van der Waals surface area contributed by atoms with Gasteiger partial charge in [0.1, 0.15) is 5.82 Å². The number of nitrogen functional groups attached to an aromatic ring is 1. The van der Waals surface area contributed by atoms with E-state index in [0.717, 1.165) is 25.7 Å². The average Bonchev–Trinajstić information content (AvgIpc) is 2.93. The van der Waals surface area contributed by atoms with Gasteiger partial charge in [0.05, 0.1) is 0 Å². The zero-order valence-electron chi connectivity index (χ0n) is 11.1. The normalized spacial score (nSPS) is 11.3. The van der Waals surface area contributed by atoms with E-state index in [-0.39, 0.29) is 0 Å². The molecule has 4 heteroatoms. The molecule has 0 saturated heterocycles. The molecule has 98 valence electrons. The van der Waals surface area contributed by atoms with Crippen molar-refractivity contribution in [3.63, 3.8) is 0 Å². The van der Waals surface area contributed by atoms with Crippen molar-refractivity contribution in [3.05, 3.63) is 33.6 Å². The Hall–Kier alpha value is -1.29. The van der Waals surface area contributed by atoms with Crippen molar-refractivity contribution in [1.82, 2.24) is 10.2 Å². The SMILES string of the molecule is CC(C)Cc1c(N)n[nH]c1CCCc1cccs1. The van der Waals surface area contributed by atoms with Crippen molar-refractivity contribution >= 4 is 17.2 Å². The molecule has 0 aliphatic carbocycles. The van der Waals surface area contributed by atoms with Crippen LogP contribution in [-0.2, 0) is 19.3 Å². The monoisotopic (exact) mass is 263 g/mol. The average molecular weight is 263 g/mol. The molecule has 0 bridgehead atoms. The van der Waals surface area contributed by atoms with Crippen LogP contribution in [0.1, 0.15) is 36.4 Å². The molecule has 18 heavy (non-hydrogen) atoms. The van der Waals surface area contributed by atoms with Gasteiger partial charge in [-0.1, -0.05) is 19.9 Å². The Bertz CT molecular complexity index is 471. The van der Waals surface area contributed by atoms with Crippen LogP contribution in [0.25, 0.3) is 0 Å². The number of hydrogen-bond donors (Lipinski definition) is 2. The maximum absolute atomic E-state index is 5.92.